The van der Waals surface area contributed by atoms with Crippen molar-refractivity contribution in [3.63, 3.8) is 0 Å². The van der Waals surface area contributed by atoms with Gasteiger partial charge in [0, 0.05) is 12.1 Å². The zero-order valence-corrected chi connectivity index (χ0v) is 12.3. The predicted octanol–water partition coefficient (Wildman–Crippen LogP) is 2.06. The molecule has 1 heterocycles. The lowest BCUT2D eigenvalue weighted by Crippen LogP contribution is -2.29. The van der Waals surface area contributed by atoms with Gasteiger partial charge in [-0.05, 0) is 50.6 Å². The summed E-state index contributed by atoms with van der Waals surface area (Å²) in [6.07, 6.45) is 3.89. The number of nitrogens with two attached hydrogens (primary N) is 1. The van der Waals surface area contributed by atoms with E-state index in [0.29, 0.717) is 6.61 Å². The molecule has 0 bridgehead atoms. The zero-order valence-electron chi connectivity index (χ0n) is 12.3. The minimum atomic E-state index is -0.314. The molecule has 4 heteroatoms. The van der Waals surface area contributed by atoms with Gasteiger partial charge >= 0.3 is 0 Å². The second-order valence-corrected chi connectivity index (χ2v) is 5.43. The molecule has 0 unspecified atom stereocenters. The summed E-state index contributed by atoms with van der Waals surface area (Å²) in [6, 6.07) is 5.70. The van der Waals surface area contributed by atoms with E-state index in [1.54, 1.807) is 0 Å². The van der Waals surface area contributed by atoms with Gasteiger partial charge in [-0.3, -0.25) is 4.90 Å². The fraction of sp³-hybridized carbons (Fsp3) is 0.625. The molecule has 1 saturated heterocycles. The van der Waals surface area contributed by atoms with Gasteiger partial charge in [-0.1, -0.05) is 12.5 Å². The zero-order chi connectivity index (χ0) is 14.4. The van der Waals surface area contributed by atoms with Crippen LogP contribution in [0, 0.1) is 0 Å². The van der Waals surface area contributed by atoms with Crippen LogP contribution in [0.3, 0.4) is 0 Å². The molecule has 0 spiro atoms. The van der Waals surface area contributed by atoms with Crippen LogP contribution in [0.1, 0.15) is 43.4 Å². The highest BCUT2D eigenvalue weighted by Crippen LogP contribution is 2.25. The number of hydrogen-bond donors (Lipinski definition) is 2. The largest absolute Gasteiger partial charge is 0.494 e. The van der Waals surface area contributed by atoms with Gasteiger partial charge in [0.25, 0.3) is 0 Å². The first-order chi connectivity index (χ1) is 9.74. The summed E-state index contributed by atoms with van der Waals surface area (Å²) in [5, 5.41) is 9.21. The molecule has 0 aromatic heterocycles. The van der Waals surface area contributed by atoms with Crippen molar-refractivity contribution in [2.45, 2.75) is 38.8 Å². The van der Waals surface area contributed by atoms with Crippen LogP contribution in [-0.4, -0.2) is 36.3 Å². The van der Waals surface area contributed by atoms with Crippen LogP contribution in [0.4, 0.5) is 0 Å². The molecule has 0 aliphatic carbocycles. The Labute approximate surface area is 121 Å². The van der Waals surface area contributed by atoms with Crippen LogP contribution in [0.5, 0.6) is 5.75 Å². The normalized spacial score (nSPS) is 17.9. The lowest BCUT2D eigenvalue weighted by Gasteiger charge is -2.27. The monoisotopic (exact) mass is 278 g/mol. The van der Waals surface area contributed by atoms with Crippen molar-refractivity contribution in [3.8, 4) is 5.75 Å². The van der Waals surface area contributed by atoms with Crippen LogP contribution in [-0.2, 0) is 6.54 Å². The smallest absolute Gasteiger partial charge is 0.123 e. The van der Waals surface area contributed by atoms with Crippen molar-refractivity contribution in [3.05, 3.63) is 29.3 Å². The van der Waals surface area contributed by atoms with Crippen molar-refractivity contribution in [2.75, 3.05) is 26.3 Å². The van der Waals surface area contributed by atoms with Crippen molar-refractivity contribution >= 4 is 0 Å². The van der Waals surface area contributed by atoms with Gasteiger partial charge in [0.05, 0.1) is 19.3 Å². The summed E-state index contributed by atoms with van der Waals surface area (Å²) in [5.74, 6) is 0.937. The van der Waals surface area contributed by atoms with Gasteiger partial charge in [-0.2, -0.15) is 0 Å². The molecular weight excluding hydrogens is 252 g/mol. The highest BCUT2D eigenvalue weighted by molar-refractivity contribution is 5.38. The SMILES string of the molecule is CCOc1ccc([C@H](N)CO)cc1CN1CCCCC1. The molecule has 1 aliphatic heterocycles. The second kappa shape index (κ2) is 7.62. The van der Waals surface area contributed by atoms with E-state index in [2.05, 4.69) is 11.0 Å². The Morgan fingerprint density at radius 1 is 1.30 bits per heavy atom. The number of hydrogen-bond acceptors (Lipinski definition) is 4. The van der Waals surface area contributed by atoms with Crippen LogP contribution in [0.15, 0.2) is 18.2 Å². The summed E-state index contributed by atoms with van der Waals surface area (Å²) in [4.78, 5) is 2.47. The van der Waals surface area contributed by atoms with E-state index >= 15 is 0 Å². The van der Waals surface area contributed by atoms with Crippen LogP contribution in [0.2, 0.25) is 0 Å². The predicted molar refractivity (Wildman–Crippen MR) is 80.8 cm³/mol. The Kier molecular flexibility index (Phi) is 5.83. The van der Waals surface area contributed by atoms with Gasteiger partial charge in [-0.15, -0.1) is 0 Å². The summed E-state index contributed by atoms with van der Waals surface area (Å²) in [7, 11) is 0. The molecule has 0 saturated carbocycles. The lowest BCUT2D eigenvalue weighted by molar-refractivity contribution is 0.216. The molecule has 1 aromatic rings. The molecule has 1 atom stereocenters. The third kappa shape index (κ3) is 3.95. The number of rotatable bonds is 6. The highest BCUT2D eigenvalue weighted by Gasteiger charge is 2.15. The first-order valence-electron chi connectivity index (χ1n) is 7.59. The first kappa shape index (κ1) is 15.3. The number of aliphatic hydroxyl groups excluding tert-OH is 1. The van der Waals surface area contributed by atoms with E-state index < -0.39 is 0 Å². The number of likely N-dealkylation sites (tertiary alicyclic amines) is 1. The van der Waals surface area contributed by atoms with Crippen molar-refractivity contribution < 1.29 is 9.84 Å². The third-order valence-corrected chi connectivity index (χ3v) is 3.85. The van der Waals surface area contributed by atoms with Crippen molar-refractivity contribution in [1.82, 2.24) is 4.90 Å². The maximum atomic E-state index is 9.21. The standard InChI is InChI=1S/C16H26N2O2/c1-2-20-16-7-6-13(15(17)12-19)10-14(16)11-18-8-4-3-5-9-18/h6-7,10,15,19H,2-5,8-9,11-12,17H2,1H3/t15-/m1/s1. The highest BCUT2D eigenvalue weighted by atomic mass is 16.5. The first-order valence-corrected chi connectivity index (χ1v) is 7.59. The Hall–Kier alpha value is -1.10. The maximum Gasteiger partial charge on any atom is 0.123 e. The summed E-state index contributed by atoms with van der Waals surface area (Å²) in [6.45, 7) is 5.85. The molecule has 1 aromatic carbocycles. The summed E-state index contributed by atoms with van der Waals surface area (Å²) < 4.78 is 5.72. The average Bonchev–Trinajstić information content (AvgIpc) is 2.49. The van der Waals surface area contributed by atoms with E-state index in [9.17, 15) is 5.11 Å². The maximum absolute atomic E-state index is 9.21. The molecule has 112 valence electrons. The minimum Gasteiger partial charge on any atom is -0.494 e. The molecule has 1 aliphatic rings. The fourth-order valence-corrected chi connectivity index (χ4v) is 2.71. The Balaban J connectivity index is 2.16. The molecule has 2 rings (SSSR count). The molecule has 0 amide bonds. The van der Waals surface area contributed by atoms with E-state index in [1.807, 2.05) is 19.1 Å². The quantitative estimate of drug-likeness (QED) is 0.836. The van der Waals surface area contributed by atoms with Gasteiger partial charge in [0.2, 0.25) is 0 Å². The summed E-state index contributed by atoms with van der Waals surface area (Å²) in [5.41, 5.74) is 8.07. The Morgan fingerprint density at radius 3 is 2.70 bits per heavy atom. The van der Waals surface area contributed by atoms with Crippen LogP contribution < -0.4 is 10.5 Å². The molecule has 4 nitrogen and oxygen atoms in total. The minimum absolute atomic E-state index is 0.0306. The molecule has 0 radical (unpaired) electrons. The van der Waals surface area contributed by atoms with E-state index in [4.69, 9.17) is 10.5 Å². The van der Waals surface area contributed by atoms with E-state index in [0.717, 1.165) is 30.9 Å². The Bertz CT molecular complexity index is 417. The average molecular weight is 278 g/mol. The Morgan fingerprint density at radius 2 is 2.05 bits per heavy atom. The molecule has 1 fully saturated rings. The number of ether oxygens (including phenoxy) is 1. The van der Waals surface area contributed by atoms with Crippen molar-refractivity contribution in [1.29, 1.82) is 0 Å². The number of benzene rings is 1. The number of aliphatic hydroxyl groups is 1. The van der Waals surface area contributed by atoms with Gasteiger partial charge in [-0.25, -0.2) is 0 Å². The van der Waals surface area contributed by atoms with Crippen LogP contribution >= 0.6 is 0 Å². The number of piperidine rings is 1. The fourth-order valence-electron chi connectivity index (χ4n) is 2.71. The van der Waals surface area contributed by atoms with Gasteiger partial charge < -0.3 is 15.6 Å². The second-order valence-electron chi connectivity index (χ2n) is 5.43. The lowest BCUT2D eigenvalue weighted by atomic mass is 10.0. The molecular formula is C16H26N2O2. The van der Waals surface area contributed by atoms with E-state index in [-0.39, 0.29) is 12.6 Å². The summed E-state index contributed by atoms with van der Waals surface area (Å²) >= 11 is 0. The van der Waals surface area contributed by atoms with Crippen molar-refractivity contribution in [2.24, 2.45) is 5.73 Å². The van der Waals surface area contributed by atoms with Gasteiger partial charge in [0.15, 0.2) is 0 Å². The van der Waals surface area contributed by atoms with Crippen LogP contribution in [0.25, 0.3) is 0 Å². The third-order valence-electron chi connectivity index (χ3n) is 3.85. The topological polar surface area (TPSA) is 58.7 Å². The molecule has 3 N–H and O–H groups in total. The number of nitrogens with zero attached hydrogens (tertiary/aromatic N) is 1. The van der Waals surface area contributed by atoms with E-state index in [1.165, 1.54) is 24.8 Å². The van der Waals surface area contributed by atoms with Gasteiger partial charge in [0.1, 0.15) is 5.75 Å². The molecule has 20 heavy (non-hydrogen) atoms.